The van der Waals surface area contributed by atoms with E-state index in [0.29, 0.717) is 11.8 Å². The van der Waals surface area contributed by atoms with Gasteiger partial charge in [-0.2, -0.15) is 0 Å². The molecule has 0 aromatic heterocycles. The van der Waals surface area contributed by atoms with Crippen molar-refractivity contribution in [3.63, 3.8) is 0 Å². The molecule has 0 saturated carbocycles. The molecule has 106 valence electrons. The molecule has 0 spiro atoms. The van der Waals surface area contributed by atoms with E-state index in [2.05, 4.69) is 27.7 Å². The molecular weight excluding hydrogens is 228 g/mol. The quantitative estimate of drug-likeness (QED) is 0.732. The Morgan fingerprint density at radius 3 is 2.56 bits per heavy atom. The van der Waals surface area contributed by atoms with E-state index in [-0.39, 0.29) is 17.9 Å². The van der Waals surface area contributed by atoms with Gasteiger partial charge in [-0.15, -0.1) is 0 Å². The van der Waals surface area contributed by atoms with Crippen LogP contribution in [-0.2, 0) is 9.53 Å². The van der Waals surface area contributed by atoms with E-state index >= 15 is 0 Å². The molecule has 0 bridgehead atoms. The zero-order chi connectivity index (χ0) is 13.8. The van der Waals surface area contributed by atoms with Gasteiger partial charge in [-0.05, 0) is 57.3 Å². The first-order chi connectivity index (χ1) is 8.30. The highest BCUT2D eigenvalue weighted by molar-refractivity contribution is 5.64. The second-order valence-corrected chi connectivity index (χ2v) is 6.67. The zero-order valence-corrected chi connectivity index (χ0v) is 12.2. The van der Waals surface area contributed by atoms with Gasteiger partial charge in [0.25, 0.3) is 0 Å². The van der Waals surface area contributed by atoms with E-state index in [4.69, 9.17) is 4.74 Å². The summed E-state index contributed by atoms with van der Waals surface area (Å²) in [5.74, 6) is 0.432. The molecule has 2 atom stereocenters. The molecule has 0 radical (unpaired) electrons. The van der Waals surface area contributed by atoms with Crippen molar-refractivity contribution in [1.29, 1.82) is 0 Å². The van der Waals surface area contributed by atoms with Gasteiger partial charge in [0.2, 0.25) is 0 Å². The number of hydrogen-bond acceptors (Lipinski definition) is 3. The third-order valence-corrected chi connectivity index (χ3v) is 3.95. The number of hydrogen-bond donors (Lipinski definition) is 0. The summed E-state index contributed by atoms with van der Waals surface area (Å²) < 4.78 is 5.71. The molecular formula is C15H27O3-. The van der Waals surface area contributed by atoms with Gasteiger partial charge in [0.15, 0.2) is 0 Å². The standard InChI is InChI=1S/C15H28O3/c1-11(2)5-6-12(9-14(16)17)13-7-8-18-15(3,4)10-13/h11-13H,5-10H2,1-4H3,(H,16,17)/p-1/t12-,13-/m0/s1. The molecule has 1 heterocycles. The Labute approximate surface area is 111 Å². The Hall–Kier alpha value is -0.570. The maximum atomic E-state index is 10.9. The van der Waals surface area contributed by atoms with Crippen molar-refractivity contribution in [3.8, 4) is 0 Å². The Morgan fingerprint density at radius 1 is 1.39 bits per heavy atom. The van der Waals surface area contributed by atoms with E-state index in [1.54, 1.807) is 0 Å². The Bertz CT molecular complexity index is 271. The molecule has 0 aromatic rings. The van der Waals surface area contributed by atoms with Crippen LogP contribution < -0.4 is 5.11 Å². The lowest BCUT2D eigenvalue weighted by Crippen LogP contribution is -2.38. The highest BCUT2D eigenvalue weighted by Crippen LogP contribution is 2.37. The van der Waals surface area contributed by atoms with Gasteiger partial charge in [-0.25, -0.2) is 0 Å². The van der Waals surface area contributed by atoms with Crippen molar-refractivity contribution in [3.05, 3.63) is 0 Å². The molecule has 1 saturated heterocycles. The van der Waals surface area contributed by atoms with Crippen LogP contribution in [0.5, 0.6) is 0 Å². The summed E-state index contributed by atoms with van der Waals surface area (Å²) >= 11 is 0. The minimum absolute atomic E-state index is 0.106. The first-order valence-electron chi connectivity index (χ1n) is 7.14. The summed E-state index contributed by atoms with van der Waals surface area (Å²) in [6.45, 7) is 9.31. The van der Waals surface area contributed by atoms with E-state index in [1.165, 1.54) is 0 Å². The summed E-state index contributed by atoms with van der Waals surface area (Å²) in [6, 6.07) is 0. The van der Waals surface area contributed by atoms with Crippen LogP contribution in [0, 0.1) is 17.8 Å². The van der Waals surface area contributed by atoms with Gasteiger partial charge in [0.1, 0.15) is 0 Å². The number of aliphatic carboxylic acids is 1. The van der Waals surface area contributed by atoms with Gasteiger partial charge in [0, 0.05) is 12.6 Å². The predicted octanol–water partition coefficient (Wildman–Crippen LogP) is 2.38. The third kappa shape index (κ3) is 5.38. The molecule has 1 rings (SSSR count). The van der Waals surface area contributed by atoms with Crippen LogP contribution in [0.1, 0.15) is 59.8 Å². The maximum Gasteiger partial charge on any atom is 0.0629 e. The van der Waals surface area contributed by atoms with Crippen molar-refractivity contribution in [2.45, 2.75) is 65.4 Å². The fourth-order valence-electron chi connectivity index (χ4n) is 2.95. The van der Waals surface area contributed by atoms with Crippen LogP contribution in [-0.4, -0.2) is 18.2 Å². The number of carboxylic acid groups (broad SMARTS) is 1. The number of carbonyl (C=O) groups excluding carboxylic acids is 1. The number of carbonyl (C=O) groups is 1. The van der Waals surface area contributed by atoms with Crippen molar-refractivity contribution in [2.24, 2.45) is 17.8 Å². The van der Waals surface area contributed by atoms with Crippen LogP contribution in [0.2, 0.25) is 0 Å². The van der Waals surface area contributed by atoms with Gasteiger partial charge >= 0.3 is 0 Å². The van der Waals surface area contributed by atoms with E-state index in [1.807, 2.05) is 0 Å². The summed E-state index contributed by atoms with van der Waals surface area (Å²) in [7, 11) is 0. The van der Waals surface area contributed by atoms with Crippen molar-refractivity contribution >= 4 is 5.97 Å². The molecule has 1 fully saturated rings. The highest BCUT2D eigenvalue weighted by Gasteiger charge is 2.33. The second kappa shape index (κ2) is 6.55. The summed E-state index contributed by atoms with van der Waals surface area (Å²) in [5, 5.41) is 10.9. The average Bonchev–Trinajstić information content (AvgIpc) is 2.22. The zero-order valence-electron chi connectivity index (χ0n) is 12.2. The molecule has 1 aliphatic rings. The molecule has 0 aromatic carbocycles. The van der Waals surface area contributed by atoms with Gasteiger partial charge in [0.05, 0.1) is 5.60 Å². The second-order valence-electron chi connectivity index (χ2n) is 6.67. The lowest BCUT2D eigenvalue weighted by molar-refractivity contribution is -0.307. The minimum Gasteiger partial charge on any atom is -0.550 e. The van der Waals surface area contributed by atoms with Crippen LogP contribution >= 0.6 is 0 Å². The van der Waals surface area contributed by atoms with Crippen molar-refractivity contribution < 1.29 is 14.6 Å². The molecule has 0 amide bonds. The van der Waals surface area contributed by atoms with Crippen LogP contribution in [0.25, 0.3) is 0 Å². The fraction of sp³-hybridized carbons (Fsp3) is 0.933. The SMILES string of the molecule is CC(C)CC[C@@H](CC(=O)[O-])[C@H]1CCOC(C)(C)C1. The maximum absolute atomic E-state index is 10.9. The van der Waals surface area contributed by atoms with E-state index < -0.39 is 5.97 Å². The molecule has 0 aliphatic carbocycles. The first kappa shape index (κ1) is 15.5. The molecule has 3 heteroatoms. The van der Waals surface area contributed by atoms with Gasteiger partial charge < -0.3 is 14.6 Å². The summed E-state index contributed by atoms with van der Waals surface area (Å²) in [4.78, 5) is 10.9. The third-order valence-electron chi connectivity index (χ3n) is 3.95. The largest absolute Gasteiger partial charge is 0.550 e. The van der Waals surface area contributed by atoms with E-state index in [0.717, 1.165) is 32.3 Å². The molecule has 18 heavy (non-hydrogen) atoms. The topological polar surface area (TPSA) is 49.4 Å². The summed E-state index contributed by atoms with van der Waals surface area (Å²) in [6.07, 6.45) is 4.23. The van der Waals surface area contributed by atoms with Crippen LogP contribution in [0.4, 0.5) is 0 Å². The van der Waals surface area contributed by atoms with Crippen LogP contribution in [0.3, 0.4) is 0 Å². The van der Waals surface area contributed by atoms with Gasteiger partial charge in [-0.1, -0.05) is 20.3 Å². The van der Waals surface area contributed by atoms with Crippen LogP contribution in [0.15, 0.2) is 0 Å². The monoisotopic (exact) mass is 255 g/mol. The van der Waals surface area contributed by atoms with Crippen molar-refractivity contribution in [2.75, 3.05) is 6.61 Å². The Morgan fingerprint density at radius 2 is 2.06 bits per heavy atom. The molecule has 0 N–H and O–H groups in total. The van der Waals surface area contributed by atoms with Gasteiger partial charge in [-0.3, -0.25) is 0 Å². The normalized spacial score (nSPS) is 25.1. The molecule has 3 nitrogen and oxygen atoms in total. The Balaban J connectivity index is 2.60. The number of ether oxygens (including phenoxy) is 1. The highest BCUT2D eigenvalue weighted by atomic mass is 16.5. The first-order valence-corrected chi connectivity index (χ1v) is 7.14. The minimum atomic E-state index is -0.909. The summed E-state index contributed by atoms with van der Waals surface area (Å²) in [5.41, 5.74) is -0.106. The smallest absolute Gasteiger partial charge is 0.0629 e. The predicted molar refractivity (Wildman–Crippen MR) is 69.9 cm³/mol. The Kier molecular flexibility index (Phi) is 5.64. The fourth-order valence-corrected chi connectivity index (χ4v) is 2.95. The average molecular weight is 255 g/mol. The lowest BCUT2D eigenvalue weighted by Gasteiger charge is -2.39. The molecule has 0 unspecified atom stereocenters. The lowest BCUT2D eigenvalue weighted by atomic mass is 9.76. The number of carboxylic acids is 1. The molecule has 1 aliphatic heterocycles. The van der Waals surface area contributed by atoms with E-state index in [9.17, 15) is 9.90 Å². The number of rotatable bonds is 6. The van der Waals surface area contributed by atoms with Crippen molar-refractivity contribution in [1.82, 2.24) is 0 Å².